The van der Waals surface area contributed by atoms with Gasteiger partial charge in [-0.05, 0) is 6.92 Å². The van der Waals surface area contributed by atoms with Gasteiger partial charge in [0, 0.05) is 20.1 Å². The van der Waals surface area contributed by atoms with Crippen molar-refractivity contribution in [3.63, 3.8) is 0 Å². The molecule has 0 atom stereocenters. The van der Waals surface area contributed by atoms with E-state index in [0.29, 0.717) is 10.6 Å². The highest BCUT2D eigenvalue weighted by atomic mass is 32.1. The van der Waals surface area contributed by atoms with Crippen LogP contribution in [0.1, 0.15) is 15.4 Å². The van der Waals surface area contributed by atoms with Gasteiger partial charge in [-0.15, -0.1) is 11.3 Å². The number of aliphatic hydroxyl groups excluding tert-OH is 2. The van der Waals surface area contributed by atoms with Crippen LogP contribution < -0.4 is 5.73 Å². The molecule has 0 radical (unpaired) electrons. The highest BCUT2D eigenvalue weighted by Crippen LogP contribution is 2.36. The molecule has 0 bridgehead atoms. The van der Waals surface area contributed by atoms with E-state index >= 15 is 0 Å². The van der Waals surface area contributed by atoms with Crippen LogP contribution in [0.4, 0.5) is 5.69 Å². The molecule has 8 heteroatoms. The molecule has 2 aromatic heterocycles. The number of carbonyl (C=O) groups excluding carboxylic acids is 1. The van der Waals surface area contributed by atoms with Crippen LogP contribution in [0.5, 0.6) is 0 Å². The van der Waals surface area contributed by atoms with E-state index in [9.17, 15) is 4.79 Å². The second-order valence-corrected chi connectivity index (χ2v) is 5.47. The smallest absolute Gasteiger partial charge is 0.266 e. The molecule has 0 aliphatic rings. The summed E-state index contributed by atoms with van der Waals surface area (Å²) in [6, 6.07) is 0. The van der Waals surface area contributed by atoms with Gasteiger partial charge in [0.15, 0.2) is 0 Å². The van der Waals surface area contributed by atoms with Crippen LogP contribution in [0.25, 0.3) is 10.2 Å². The molecule has 7 nitrogen and oxygen atoms in total. The molecule has 20 heavy (non-hydrogen) atoms. The van der Waals surface area contributed by atoms with E-state index in [1.165, 1.54) is 16.2 Å². The summed E-state index contributed by atoms with van der Waals surface area (Å²) in [7, 11) is 1.80. The summed E-state index contributed by atoms with van der Waals surface area (Å²) in [6.07, 6.45) is 0. The fraction of sp³-hybridized carbons (Fsp3) is 0.500. The average Bonchev–Trinajstić information content (AvgIpc) is 2.88. The van der Waals surface area contributed by atoms with Gasteiger partial charge in [0.25, 0.3) is 5.91 Å². The predicted octanol–water partition coefficient (Wildman–Crippen LogP) is -0.0478. The Bertz CT molecular complexity index is 628. The molecule has 0 saturated heterocycles. The van der Waals surface area contributed by atoms with Crippen molar-refractivity contribution in [1.82, 2.24) is 14.7 Å². The van der Waals surface area contributed by atoms with Crippen molar-refractivity contribution in [2.45, 2.75) is 6.92 Å². The molecule has 4 N–H and O–H groups in total. The first-order valence-corrected chi connectivity index (χ1v) is 7.05. The Kier molecular flexibility index (Phi) is 4.26. The van der Waals surface area contributed by atoms with E-state index in [2.05, 4.69) is 5.10 Å². The topological polar surface area (TPSA) is 105 Å². The number of nitrogens with two attached hydrogens (primary N) is 1. The zero-order chi connectivity index (χ0) is 14.9. The second-order valence-electron chi connectivity index (χ2n) is 4.47. The van der Waals surface area contributed by atoms with Gasteiger partial charge >= 0.3 is 0 Å². The van der Waals surface area contributed by atoms with Gasteiger partial charge < -0.3 is 20.8 Å². The van der Waals surface area contributed by atoms with Crippen LogP contribution >= 0.6 is 11.3 Å². The Morgan fingerprint density at radius 2 is 2.00 bits per heavy atom. The number of aryl methyl sites for hydroxylation is 2. The molecule has 1 amide bonds. The molecule has 0 unspecified atom stereocenters. The van der Waals surface area contributed by atoms with Crippen molar-refractivity contribution < 1.29 is 15.0 Å². The number of aliphatic hydroxyl groups is 2. The summed E-state index contributed by atoms with van der Waals surface area (Å²) in [4.78, 5) is 15.1. The molecule has 0 aliphatic heterocycles. The van der Waals surface area contributed by atoms with Crippen molar-refractivity contribution in [1.29, 1.82) is 0 Å². The van der Waals surface area contributed by atoms with E-state index in [4.69, 9.17) is 15.9 Å². The fourth-order valence-electron chi connectivity index (χ4n) is 2.19. The lowest BCUT2D eigenvalue weighted by molar-refractivity contribution is 0.0690. The molecular formula is C12H18N4O3S. The van der Waals surface area contributed by atoms with E-state index < -0.39 is 0 Å². The lowest BCUT2D eigenvalue weighted by Crippen LogP contribution is -2.35. The summed E-state index contributed by atoms with van der Waals surface area (Å²) in [5.74, 6) is -0.272. The molecule has 0 aliphatic carbocycles. The zero-order valence-corrected chi connectivity index (χ0v) is 12.3. The minimum absolute atomic E-state index is 0.156. The second kappa shape index (κ2) is 5.78. The fourth-order valence-corrected chi connectivity index (χ4v) is 3.34. The van der Waals surface area contributed by atoms with E-state index in [0.717, 1.165) is 15.9 Å². The summed E-state index contributed by atoms with van der Waals surface area (Å²) >= 11 is 1.28. The number of amides is 1. The Hall–Kier alpha value is -1.64. The molecule has 2 heterocycles. The Balaban J connectivity index is 2.43. The minimum atomic E-state index is -0.272. The molecule has 0 saturated carbocycles. The van der Waals surface area contributed by atoms with E-state index in [1.54, 1.807) is 11.7 Å². The number of hydrogen-bond donors (Lipinski definition) is 3. The van der Waals surface area contributed by atoms with E-state index in [-0.39, 0.29) is 32.2 Å². The largest absolute Gasteiger partial charge is 0.397 e. The Labute approximate surface area is 120 Å². The molecular weight excluding hydrogens is 280 g/mol. The van der Waals surface area contributed by atoms with Crippen molar-refractivity contribution >= 4 is 33.1 Å². The predicted molar refractivity (Wildman–Crippen MR) is 77.8 cm³/mol. The lowest BCUT2D eigenvalue weighted by Gasteiger charge is -2.20. The molecule has 2 rings (SSSR count). The van der Waals surface area contributed by atoms with Gasteiger partial charge in [-0.3, -0.25) is 9.48 Å². The van der Waals surface area contributed by atoms with Crippen LogP contribution in [-0.4, -0.2) is 57.1 Å². The third-order valence-electron chi connectivity index (χ3n) is 3.10. The number of thiophene rings is 1. The summed E-state index contributed by atoms with van der Waals surface area (Å²) in [5, 5.41) is 23.1. The quantitative estimate of drug-likeness (QED) is 0.718. The van der Waals surface area contributed by atoms with Crippen LogP contribution in [0.2, 0.25) is 0 Å². The lowest BCUT2D eigenvalue weighted by atomic mass is 10.2. The summed E-state index contributed by atoms with van der Waals surface area (Å²) in [6.45, 7) is 1.88. The molecule has 0 aromatic carbocycles. The molecule has 0 spiro atoms. The van der Waals surface area contributed by atoms with Crippen molar-refractivity contribution in [3.8, 4) is 0 Å². The van der Waals surface area contributed by atoms with Crippen molar-refractivity contribution in [2.75, 3.05) is 32.0 Å². The number of hydrogen-bond acceptors (Lipinski definition) is 6. The molecule has 0 fully saturated rings. The zero-order valence-electron chi connectivity index (χ0n) is 11.5. The van der Waals surface area contributed by atoms with Gasteiger partial charge in [0.2, 0.25) is 0 Å². The standard InChI is InChI=1S/C12H18N4O3S/c1-7-8-9(13)10(20-12(8)15(2)14-7)11(19)16(3-5-17)4-6-18/h17-18H,3-6,13H2,1-2H3. The van der Waals surface area contributed by atoms with Gasteiger partial charge in [-0.25, -0.2) is 0 Å². The van der Waals surface area contributed by atoms with Gasteiger partial charge in [-0.2, -0.15) is 5.10 Å². The number of anilines is 1. The maximum absolute atomic E-state index is 12.4. The summed E-state index contributed by atoms with van der Waals surface area (Å²) in [5.41, 5.74) is 7.27. The third-order valence-corrected chi connectivity index (χ3v) is 4.36. The normalized spacial score (nSPS) is 11.2. The SMILES string of the molecule is Cc1nn(C)c2sc(C(=O)N(CCO)CCO)c(N)c12. The highest BCUT2D eigenvalue weighted by molar-refractivity contribution is 7.21. The first-order chi connectivity index (χ1) is 9.51. The van der Waals surface area contributed by atoms with Gasteiger partial charge in [0.05, 0.1) is 30.0 Å². The maximum atomic E-state index is 12.4. The molecule has 110 valence electrons. The van der Waals surface area contributed by atoms with Crippen molar-refractivity contribution in [3.05, 3.63) is 10.6 Å². The summed E-state index contributed by atoms with van der Waals surface area (Å²) < 4.78 is 1.70. The van der Waals surface area contributed by atoms with E-state index in [1.807, 2.05) is 6.92 Å². The number of aromatic nitrogens is 2. The monoisotopic (exact) mass is 298 g/mol. The van der Waals surface area contributed by atoms with Crippen LogP contribution in [0.15, 0.2) is 0 Å². The number of carbonyl (C=O) groups is 1. The third kappa shape index (κ3) is 2.37. The van der Waals surface area contributed by atoms with Crippen LogP contribution in [0, 0.1) is 6.92 Å². The van der Waals surface area contributed by atoms with Crippen LogP contribution in [-0.2, 0) is 7.05 Å². The number of nitrogen functional groups attached to an aromatic ring is 1. The highest BCUT2D eigenvalue weighted by Gasteiger charge is 2.24. The number of fused-ring (bicyclic) bond motifs is 1. The molecule has 2 aromatic rings. The number of nitrogens with zero attached hydrogens (tertiary/aromatic N) is 3. The average molecular weight is 298 g/mol. The number of rotatable bonds is 5. The van der Waals surface area contributed by atoms with Gasteiger partial charge in [-0.1, -0.05) is 0 Å². The van der Waals surface area contributed by atoms with Crippen LogP contribution in [0.3, 0.4) is 0 Å². The first-order valence-electron chi connectivity index (χ1n) is 6.23. The Morgan fingerprint density at radius 1 is 1.40 bits per heavy atom. The Morgan fingerprint density at radius 3 is 2.50 bits per heavy atom. The minimum Gasteiger partial charge on any atom is -0.397 e. The van der Waals surface area contributed by atoms with Gasteiger partial charge in [0.1, 0.15) is 9.71 Å². The van der Waals surface area contributed by atoms with Crippen molar-refractivity contribution in [2.24, 2.45) is 7.05 Å². The first kappa shape index (κ1) is 14.8. The maximum Gasteiger partial charge on any atom is 0.266 e.